The van der Waals surface area contributed by atoms with Gasteiger partial charge in [-0.2, -0.15) is 0 Å². The number of carbonyl (C=O) groups excluding carboxylic acids is 1. The zero-order valence-electron chi connectivity index (χ0n) is 12.2. The number of nitrogens with one attached hydrogen (secondary N) is 2. The van der Waals surface area contributed by atoms with Gasteiger partial charge in [-0.3, -0.25) is 15.2 Å². The van der Waals surface area contributed by atoms with Crippen LogP contribution in [0.25, 0.3) is 10.4 Å². The predicted octanol–water partition coefficient (Wildman–Crippen LogP) is 1.83. The Morgan fingerprint density at radius 3 is 2.71 bits per heavy atom. The van der Waals surface area contributed by atoms with E-state index >= 15 is 0 Å². The second-order valence-electron chi connectivity index (χ2n) is 4.66. The highest BCUT2D eigenvalue weighted by Gasteiger charge is 2.17. The van der Waals surface area contributed by atoms with Crippen molar-refractivity contribution in [2.24, 2.45) is 0 Å². The van der Waals surface area contributed by atoms with Crippen LogP contribution in [0.5, 0.6) is 0 Å². The van der Waals surface area contributed by atoms with Gasteiger partial charge in [-0.25, -0.2) is 13.4 Å². The van der Waals surface area contributed by atoms with Gasteiger partial charge in [-0.1, -0.05) is 18.2 Å². The molecular formula is C15H12N4O3S2. The maximum absolute atomic E-state index is 12.3. The van der Waals surface area contributed by atoms with Crippen LogP contribution in [0.15, 0.2) is 65.3 Å². The molecule has 0 atom stereocenters. The molecule has 2 N–H and O–H groups in total. The minimum absolute atomic E-state index is 0.00698. The molecule has 2 heterocycles. The van der Waals surface area contributed by atoms with E-state index in [4.69, 9.17) is 0 Å². The molecule has 2 aromatic heterocycles. The summed E-state index contributed by atoms with van der Waals surface area (Å²) in [5.74, 6) is -0.693. The van der Waals surface area contributed by atoms with E-state index in [1.54, 1.807) is 12.1 Å². The second kappa shape index (κ2) is 6.87. The Labute approximate surface area is 142 Å². The first-order valence-electron chi connectivity index (χ1n) is 6.78. The van der Waals surface area contributed by atoms with Gasteiger partial charge in [0.15, 0.2) is 0 Å². The third kappa shape index (κ3) is 3.65. The minimum Gasteiger partial charge on any atom is -0.272 e. The molecule has 7 nitrogen and oxygen atoms in total. The fourth-order valence-electron chi connectivity index (χ4n) is 1.91. The molecular weight excluding hydrogens is 348 g/mol. The molecule has 24 heavy (non-hydrogen) atoms. The molecule has 0 fully saturated rings. The van der Waals surface area contributed by atoms with E-state index in [1.165, 1.54) is 36.0 Å². The SMILES string of the molecule is O=C(NNS(=O)(=O)c1cccc(-c2cccs2)c1)c1cnccn1. The van der Waals surface area contributed by atoms with E-state index in [2.05, 4.69) is 20.2 Å². The number of nitrogens with zero attached hydrogens (tertiary/aromatic N) is 2. The Kier molecular flexibility index (Phi) is 4.65. The van der Waals surface area contributed by atoms with E-state index in [0.717, 1.165) is 10.4 Å². The number of sulfonamides is 1. The molecule has 3 aromatic rings. The highest BCUT2D eigenvalue weighted by Crippen LogP contribution is 2.26. The summed E-state index contributed by atoms with van der Waals surface area (Å²) >= 11 is 1.51. The highest BCUT2D eigenvalue weighted by molar-refractivity contribution is 7.89. The lowest BCUT2D eigenvalue weighted by molar-refractivity contribution is 0.0939. The van der Waals surface area contributed by atoms with Crippen LogP contribution in [-0.4, -0.2) is 24.3 Å². The molecule has 0 saturated heterocycles. The smallest absolute Gasteiger partial charge is 0.272 e. The highest BCUT2D eigenvalue weighted by atomic mass is 32.2. The summed E-state index contributed by atoms with van der Waals surface area (Å²) in [6.45, 7) is 0. The molecule has 0 spiro atoms. The van der Waals surface area contributed by atoms with Gasteiger partial charge in [0.05, 0.1) is 11.1 Å². The number of thiophene rings is 1. The average Bonchev–Trinajstić information content (AvgIpc) is 3.15. The number of aromatic nitrogens is 2. The maximum atomic E-state index is 12.3. The zero-order valence-corrected chi connectivity index (χ0v) is 13.8. The normalized spacial score (nSPS) is 11.2. The van der Waals surface area contributed by atoms with Crippen LogP contribution in [0.4, 0.5) is 0 Å². The molecule has 1 amide bonds. The number of hydrogen-bond donors (Lipinski definition) is 2. The molecule has 0 aliphatic heterocycles. The Morgan fingerprint density at radius 1 is 1.12 bits per heavy atom. The Hall–Kier alpha value is -2.62. The van der Waals surface area contributed by atoms with Crippen molar-refractivity contribution in [1.29, 1.82) is 0 Å². The van der Waals surface area contributed by atoms with Crippen LogP contribution < -0.4 is 10.3 Å². The fraction of sp³-hybridized carbons (Fsp3) is 0. The minimum atomic E-state index is -3.90. The van der Waals surface area contributed by atoms with Crippen LogP contribution in [0.2, 0.25) is 0 Å². The van der Waals surface area contributed by atoms with Gasteiger partial charge < -0.3 is 0 Å². The largest absolute Gasteiger partial charge is 0.286 e. The Bertz CT molecular complexity index is 942. The van der Waals surface area contributed by atoms with Crippen molar-refractivity contribution in [3.8, 4) is 10.4 Å². The molecule has 9 heteroatoms. The monoisotopic (exact) mass is 360 g/mol. The van der Waals surface area contributed by atoms with Crippen LogP contribution in [-0.2, 0) is 10.0 Å². The molecule has 1 aromatic carbocycles. The van der Waals surface area contributed by atoms with E-state index in [9.17, 15) is 13.2 Å². The zero-order chi connectivity index (χ0) is 17.0. The molecule has 3 rings (SSSR count). The number of amides is 1. The lowest BCUT2D eigenvalue weighted by Gasteiger charge is -2.09. The van der Waals surface area contributed by atoms with Gasteiger partial charge in [0, 0.05) is 17.3 Å². The number of hydrazine groups is 1. The summed E-state index contributed by atoms with van der Waals surface area (Å²) < 4.78 is 24.7. The van der Waals surface area contributed by atoms with Gasteiger partial charge in [-0.05, 0) is 29.1 Å². The number of rotatable bonds is 5. The second-order valence-corrected chi connectivity index (χ2v) is 7.29. The maximum Gasteiger partial charge on any atom is 0.286 e. The molecule has 122 valence electrons. The van der Waals surface area contributed by atoms with Gasteiger partial charge >= 0.3 is 0 Å². The molecule has 0 saturated carbocycles. The van der Waals surface area contributed by atoms with Crippen molar-refractivity contribution in [3.05, 3.63) is 66.1 Å². The van der Waals surface area contributed by atoms with Crippen molar-refractivity contribution in [2.75, 3.05) is 0 Å². The summed E-state index contributed by atoms with van der Waals surface area (Å²) in [5.41, 5.74) is 2.91. The first-order valence-corrected chi connectivity index (χ1v) is 9.15. The number of benzene rings is 1. The summed E-state index contributed by atoms with van der Waals surface area (Å²) in [4.78, 5) is 22.4. The van der Waals surface area contributed by atoms with Gasteiger partial charge in [-0.15, -0.1) is 16.2 Å². The van der Waals surface area contributed by atoms with E-state index < -0.39 is 15.9 Å². The molecule has 0 aliphatic carbocycles. The van der Waals surface area contributed by atoms with Crippen molar-refractivity contribution in [3.63, 3.8) is 0 Å². The Balaban J connectivity index is 1.76. The van der Waals surface area contributed by atoms with Crippen molar-refractivity contribution >= 4 is 27.3 Å². The van der Waals surface area contributed by atoms with Crippen LogP contribution in [0.1, 0.15) is 10.5 Å². The van der Waals surface area contributed by atoms with Crippen molar-refractivity contribution in [2.45, 2.75) is 4.90 Å². The number of carbonyl (C=O) groups is 1. The first-order chi connectivity index (χ1) is 11.6. The van der Waals surface area contributed by atoms with Crippen molar-refractivity contribution < 1.29 is 13.2 Å². The average molecular weight is 360 g/mol. The third-order valence-electron chi connectivity index (χ3n) is 3.04. The summed E-state index contributed by atoms with van der Waals surface area (Å²) in [6.07, 6.45) is 3.99. The lowest BCUT2D eigenvalue weighted by atomic mass is 10.2. The lowest BCUT2D eigenvalue weighted by Crippen LogP contribution is -2.41. The van der Waals surface area contributed by atoms with Gasteiger partial charge in [0.25, 0.3) is 15.9 Å². The van der Waals surface area contributed by atoms with Gasteiger partial charge in [0.1, 0.15) is 5.69 Å². The molecule has 0 aliphatic rings. The molecule has 0 radical (unpaired) electrons. The van der Waals surface area contributed by atoms with E-state index in [-0.39, 0.29) is 10.6 Å². The number of hydrogen-bond acceptors (Lipinski definition) is 6. The predicted molar refractivity (Wildman–Crippen MR) is 89.6 cm³/mol. The van der Waals surface area contributed by atoms with E-state index in [1.807, 2.05) is 23.6 Å². The summed E-state index contributed by atoms with van der Waals surface area (Å²) in [5, 5.41) is 1.91. The van der Waals surface area contributed by atoms with Gasteiger partial charge in [0.2, 0.25) is 0 Å². The van der Waals surface area contributed by atoms with Crippen molar-refractivity contribution in [1.82, 2.24) is 20.2 Å². The van der Waals surface area contributed by atoms with E-state index in [0.29, 0.717) is 0 Å². The molecule has 0 unspecified atom stereocenters. The Morgan fingerprint density at radius 2 is 2.00 bits per heavy atom. The summed E-state index contributed by atoms with van der Waals surface area (Å²) in [7, 11) is -3.90. The first kappa shape index (κ1) is 16.2. The topological polar surface area (TPSA) is 101 Å². The quantitative estimate of drug-likeness (QED) is 0.676. The van der Waals surface area contributed by atoms with Crippen LogP contribution in [0.3, 0.4) is 0 Å². The fourth-order valence-corrected chi connectivity index (χ4v) is 3.52. The van der Waals surface area contributed by atoms with Crippen LogP contribution in [0, 0.1) is 0 Å². The standard InChI is InChI=1S/C15H12N4O3S2/c20-15(13-10-16-6-7-17-13)18-19-24(21,22)12-4-1-3-11(9-12)14-5-2-8-23-14/h1-10,19H,(H,18,20). The third-order valence-corrected chi connectivity index (χ3v) is 5.21. The summed E-state index contributed by atoms with van der Waals surface area (Å²) in [6, 6.07) is 10.3. The van der Waals surface area contributed by atoms with Crippen LogP contribution >= 0.6 is 11.3 Å². The molecule has 0 bridgehead atoms.